The Morgan fingerprint density at radius 3 is 2.73 bits per heavy atom. The molecule has 0 aliphatic carbocycles. The first-order valence-corrected chi connectivity index (χ1v) is 6.62. The molecule has 0 fully saturated rings. The average Bonchev–Trinajstić information content (AvgIpc) is 2.17. The van der Waals surface area contributed by atoms with Gasteiger partial charge in [-0.15, -0.1) is 0 Å². The second-order valence-corrected chi connectivity index (χ2v) is 5.40. The van der Waals surface area contributed by atoms with E-state index < -0.39 is 10.0 Å². The molecule has 1 heterocycles. The van der Waals surface area contributed by atoms with Crippen molar-refractivity contribution in [1.82, 2.24) is 9.71 Å². The molecule has 0 radical (unpaired) electrons. The predicted octanol–water partition coefficient (Wildman–Crippen LogP) is 1.18. The van der Waals surface area contributed by atoms with Gasteiger partial charge in [0.1, 0.15) is 10.7 Å². The standard InChI is InChI=1S/C8H12BrN3O2S/c1-3-12-15(13,14)7-4-6(9)5-11-8(7)10-2/h4-5,12H,3H2,1-2H3,(H,10,11). The van der Waals surface area contributed by atoms with Crippen molar-refractivity contribution in [2.45, 2.75) is 11.8 Å². The third-order valence-corrected chi connectivity index (χ3v) is 3.67. The van der Waals surface area contributed by atoms with Gasteiger partial charge in [-0.1, -0.05) is 6.92 Å². The van der Waals surface area contributed by atoms with E-state index in [1.807, 2.05) is 0 Å². The maximum absolute atomic E-state index is 11.8. The number of hydrogen-bond acceptors (Lipinski definition) is 4. The highest BCUT2D eigenvalue weighted by Gasteiger charge is 2.18. The van der Waals surface area contributed by atoms with Crippen LogP contribution in [0.2, 0.25) is 0 Å². The van der Waals surface area contributed by atoms with Gasteiger partial charge in [-0.3, -0.25) is 0 Å². The highest BCUT2D eigenvalue weighted by atomic mass is 79.9. The second-order valence-electron chi connectivity index (χ2n) is 2.75. The molecule has 84 valence electrons. The lowest BCUT2D eigenvalue weighted by molar-refractivity contribution is 0.584. The first-order valence-electron chi connectivity index (χ1n) is 4.34. The van der Waals surface area contributed by atoms with E-state index in [-0.39, 0.29) is 4.90 Å². The lowest BCUT2D eigenvalue weighted by atomic mass is 10.4. The smallest absolute Gasteiger partial charge is 0.244 e. The van der Waals surface area contributed by atoms with E-state index in [0.717, 1.165) is 0 Å². The summed E-state index contributed by atoms with van der Waals surface area (Å²) in [6, 6.07) is 1.51. The van der Waals surface area contributed by atoms with Gasteiger partial charge < -0.3 is 5.32 Å². The zero-order valence-corrected chi connectivity index (χ0v) is 10.8. The van der Waals surface area contributed by atoms with Gasteiger partial charge in [0, 0.05) is 24.3 Å². The van der Waals surface area contributed by atoms with E-state index in [2.05, 4.69) is 31.0 Å². The highest BCUT2D eigenvalue weighted by Crippen LogP contribution is 2.21. The topological polar surface area (TPSA) is 71.1 Å². The van der Waals surface area contributed by atoms with Crippen LogP contribution in [0.4, 0.5) is 5.82 Å². The fourth-order valence-electron chi connectivity index (χ4n) is 1.08. The molecule has 7 heteroatoms. The fourth-order valence-corrected chi connectivity index (χ4v) is 2.79. The molecular formula is C8H12BrN3O2S. The molecule has 0 atom stereocenters. The molecular weight excluding hydrogens is 282 g/mol. The number of nitrogens with zero attached hydrogens (tertiary/aromatic N) is 1. The molecule has 0 saturated carbocycles. The molecule has 1 aromatic heterocycles. The molecule has 1 rings (SSSR count). The van der Waals surface area contributed by atoms with Crippen molar-refractivity contribution in [3.63, 3.8) is 0 Å². The van der Waals surface area contributed by atoms with Gasteiger partial charge in [-0.25, -0.2) is 18.1 Å². The van der Waals surface area contributed by atoms with Crippen LogP contribution in [0.3, 0.4) is 0 Å². The minimum atomic E-state index is -3.48. The van der Waals surface area contributed by atoms with Gasteiger partial charge in [0.25, 0.3) is 0 Å². The van der Waals surface area contributed by atoms with E-state index in [1.165, 1.54) is 12.3 Å². The normalized spacial score (nSPS) is 11.4. The zero-order chi connectivity index (χ0) is 11.5. The van der Waals surface area contributed by atoms with Crippen molar-refractivity contribution >= 4 is 31.8 Å². The van der Waals surface area contributed by atoms with Crippen LogP contribution in [0.5, 0.6) is 0 Å². The van der Waals surface area contributed by atoms with E-state index in [1.54, 1.807) is 14.0 Å². The van der Waals surface area contributed by atoms with Crippen molar-refractivity contribution in [2.24, 2.45) is 0 Å². The Hall–Kier alpha value is -0.660. The summed E-state index contributed by atoms with van der Waals surface area (Å²) < 4.78 is 26.5. The van der Waals surface area contributed by atoms with Crippen LogP contribution in [0.15, 0.2) is 21.6 Å². The number of pyridine rings is 1. The number of nitrogens with one attached hydrogen (secondary N) is 2. The number of halogens is 1. The molecule has 1 aromatic rings. The van der Waals surface area contributed by atoms with E-state index in [0.29, 0.717) is 16.8 Å². The summed E-state index contributed by atoms with van der Waals surface area (Å²) in [7, 11) is -1.85. The molecule has 0 aromatic carbocycles. The lowest BCUT2D eigenvalue weighted by Crippen LogP contribution is -2.24. The van der Waals surface area contributed by atoms with Crippen LogP contribution in [-0.4, -0.2) is 27.0 Å². The Morgan fingerprint density at radius 1 is 1.53 bits per heavy atom. The summed E-state index contributed by atoms with van der Waals surface area (Å²) >= 11 is 3.19. The summed E-state index contributed by atoms with van der Waals surface area (Å²) in [4.78, 5) is 4.11. The van der Waals surface area contributed by atoms with Gasteiger partial charge in [-0.2, -0.15) is 0 Å². The van der Waals surface area contributed by atoms with Crippen LogP contribution < -0.4 is 10.0 Å². The summed E-state index contributed by atoms with van der Waals surface area (Å²) in [6.45, 7) is 2.07. The predicted molar refractivity (Wildman–Crippen MR) is 62.3 cm³/mol. The van der Waals surface area contributed by atoms with Crippen molar-refractivity contribution in [3.8, 4) is 0 Å². The number of hydrogen-bond donors (Lipinski definition) is 2. The van der Waals surface area contributed by atoms with Crippen molar-refractivity contribution in [1.29, 1.82) is 0 Å². The Kier molecular flexibility index (Phi) is 4.06. The van der Waals surface area contributed by atoms with Crippen molar-refractivity contribution < 1.29 is 8.42 Å². The van der Waals surface area contributed by atoms with Crippen molar-refractivity contribution in [3.05, 3.63) is 16.7 Å². The quantitative estimate of drug-likeness (QED) is 0.875. The summed E-state index contributed by atoms with van der Waals surface area (Å²) in [5, 5.41) is 2.74. The van der Waals surface area contributed by atoms with Gasteiger partial charge in [0.2, 0.25) is 10.0 Å². The molecule has 15 heavy (non-hydrogen) atoms. The maximum atomic E-state index is 11.8. The third kappa shape index (κ3) is 2.90. The minimum Gasteiger partial charge on any atom is -0.372 e. The number of rotatable bonds is 4. The Bertz CT molecular complexity index is 447. The second kappa shape index (κ2) is 4.91. The Morgan fingerprint density at radius 2 is 2.20 bits per heavy atom. The molecule has 0 unspecified atom stereocenters. The van der Waals surface area contributed by atoms with E-state index in [4.69, 9.17) is 0 Å². The fraction of sp³-hybridized carbons (Fsp3) is 0.375. The van der Waals surface area contributed by atoms with Crippen LogP contribution in [0, 0.1) is 0 Å². The monoisotopic (exact) mass is 293 g/mol. The van der Waals surface area contributed by atoms with E-state index >= 15 is 0 Å². The Balaban J connectivity index is 3.28. The summed E-state index contributed by atoms with van der Waals surface area (Å²) in [6.07, 6.45) is 1.54. The number of anilines is 1. The SMILES string of the molecule is CCNS(=O)(=O)c1cc(Br)cnc1NC. The van der Waals surface area contributed by atoms with Gasteiger partial charge in [0.15, 0.2) is 0 Å². The molecule has 0 aliphatic heterocycles. The van der Waals surface area contributed by atoms with Crippen LogP contribution in [0.1, 0.15) is 6.92 Å². The zero-order valence-electron chi connectivity index (χ0n) is 8.41. The molecule has 0 amide bonds. The number of sulfonamides is 1. The molecule has 0 aliphatic rings. The molecule has 0 spiro atoms. The maximum Gasteiger partial charge on any atom is 0.244 e. The van der Waals surface area contributed by atoms with Gasteiger partial charge in [0.05, 0.1) is 0 Å². The lowest BCUT2D eigenvalue weighted by Gasteiger charge is -2.09. The van der Waals surface area contributed by atoms with E-state index in [9.17, 15) is 8.42 Å². The first kappa shape index (κ1) is 12.4. The first-order chi connectivity index (χ1) is 7.01. The molecule has 0 saturated heterocycles. The third-order valence-electron chi connectivity index (χ3n) is 1.68. The summed E-state index contributed by atoms with van der Waals surface area (Å²) in [5.41, 5.74) is 0. The largest absolute Gasteiger partial charge is 0.372 e. The molecule has 5 nitrogen and oxygen atoms in total. The Labute approximate surface area is 97.5 Å². The van der Waals surface area contributed by atoms with Crippen molar-refractivity contribution in [2.75, 3.05) is 18.9 Å². The highest BCUT2D eigenvalue weighted by molar-refractivity contribution is 9.10. The van der Waals surface area contributed by atoms with Gasteiger partial charge in [-0.05, 0) is 22.0 Å². The minimum absolute atomic E-state index is 0.140. The van der Waals surface area contributed by atoms with Crippen LogP contribution in [-0.2, 0) is 10.0 Å². The summed E-state index contributed by atoms with van der Waals surface area (Å²) in [5.74, 6) is 0.333. The van der Waals surface area contributed by atoms with Gasteiger partial charge >= 0.3 is 0 Å². The average molecular weight is 294 g/mol. The molecule has 2 N–H and O–H groups in total. The van der Waals surface area contributed by atoms with Crippen LogP contribution >= 0.6 is 15.9 Å². The molecule has 0 bridgehead atoms. The number of aromatic nitrogens is 1. The van der Waals surface area contributed by atoms with Crippen LogP contribution in [0.25, 0.3) is 0 Å².